The van der Waals surface area contributed by atoms with Gasteiger partial charge < -0.3 is 10.6 Å². The summed E-state index contributed by atoms with van der Waals surface area (Å²) < 4.78 is 0. The van der Waals surface area contributed by atoms with Crippen molar-refractivity contribution in [2.45, 2.75) is 12.5 Å². The van der Waals surface area contributed by atoms with Gasteiger partial charge >= 0.3 is 0 Å². The maximum absolute atomic E-state index is 12.5. The molecule has 1 amide bonds. The Kier molecular flexibility index (Phi) is 9.42. The Morgan fingerprint density at radius 2 is 1.73 bits per heavy atom. The zero-order chi connectivity index (χ0) is 14.4. The average molecular weight is 342 g/mol. The first kappa shape index (κ1) is 20.4. The van der Waals surface area contributed by atoms with Gasteiger partial charge in [0.2, 0.25) is 5.91 Å². The minimum atomic E-state index is -0.289. The maximum atomic E-state index is 12.5. The van der Waals surface area contributed by atoms with E-state index < -0.39 is 0 Å². The summed E-state index contributed by atoms with van der Waals surface area (Å²) >= 11 is 0. The molecule has 1 atom stereocenters. The molecule has 1 aromatic heterocycles. The van der Waals surface area contributed by atoms with Gasteiger partial charge in [-0.25, -0.2) is 0 Å². The van der Waals surface area contributed by atoms with E-state index in [2.05, 4.69) is 4.98 Å². The number of hydrogen-bond acceptors (Lipinski definition) is 3. The number of benzene rings is 1. The van der Waals surface area contributed by atoms with Crippen LogP contribution in [0, 0.1) is 0 Å². The molecular formula is C16H21Cl2N3O. The van der Waals surface area contributed by atoms with Crippen LogP contribution in [-0.2, 0) is 11.3 Å². The molecule has 0 saturated carbocycles. The van der Waals surface area contributed by atoms with E-state index in [1.54, 1.807) is 24.3 Å². The highest BCUT2D eigenvalue weighted by molar-refractivity contribution is 5.85. The SMILES string of the molecule is CN(Cc1ccncc1)C(=O)C(CN)c1ccccc1.Cl.Cl. The zero-order valence-corrected chi connectivity index (χ0v) is 14.0. The maximum Gasteiger partial charge on any atom is 0.231 e. The molecule has 1 unspecified atom stereocenters. The Labute approximate surface area is 143 Å². The molecular weight excluding hydrogens is 321 g/mol. The molecule has 0 aliphatic heterocycles. The van der Waals surface area contributed by atoms with Crippen LogP contribution in [0.3, 0.4) is 0 Å². The van der Waals surface area contributed by atoms with E-state index in [0.717, 1.165) is 11.1 Å². The number of hydrogen-bond donors (Lipinski definition) is 1. The lowest BCUT2D eigenvalue weighted by Crippen LogP contribution is -2.34. The number of pyridine rings is 1. The average Bonchev–Trinajstić information content (AvgIpc) is 2.50. The molecule has 1 heterocycles. The molecule has 22 heavy (non-hydrogen) atoms. The van der Waals surface area contributed by atoms with Crippen LogP contribution in [0.5, 0.6) is 0 Å². The Balaban J connectivity index is 0.00000220. The number of carbonyl (C=O) groups is 1. The zero-order valence-electron chi connectivity index (χ0n) is 12.4. The summed E-state index contributed by atoms with van der Waals surface area (Å²) in [6, 6.07) is 13.5. The summed E-state index contributed by atoms with van der Waals surface area (Å²) in [7, 11) is 1.80. The van der Waals surface area contributed by atoms with Crippen LogP contribution in [-0.4, -0.2) is 29.4 Å². The monoisotopic (exact) mass is 341 g/mol. The first-order chi connectivity index (χ1) is 9.72. The van der Waals surface area contributed by atoms with Gasteiger partial charge in [-0.15, -0.1) is 24.8 Å². The molecule has 0 radical (unpaired) electrons. The number of carbonyl (C=O) groups excluding carboxylic acids is 1. The molecule has 120 valence electrons. The highest BCUT2D eigenvalue weighted by Crippen LogP contribution is 2.17. The van der Waals surface area contributed by atoms with Gasteiger partial charge in [-0.05, 0) is 23.3 Å². The molecule has 0 spiro atoms. The van der Waals surface area contributed by atoms with E-state index in [1.807, 2.05) is 42.5 Å². The summed E-state index contributed by atoms with van der Waals surface area (Å²) in [6.45, 7) is 0.869. The van der Waals surface area contributed by atoms with Crippen LogP contribution in [0.4, 0.5) is 0 Å². The highest BCUT2D eigenvalue weighted by Gasteiger charge is 2.22. The second-order valence-electron chi connectivity index (χ2n) is 4.75. The van der Waals surface area contributed by atoms with Crippen molar-refractivity contribution in [2.75, 3.05) is 13.6 Å². The Morgan fingerprint density at radius 3 is 2.27 bits per heavy atom. The van der Waals surface area contributed by atoms with Crippen LogP contribution < -0.4 is 5.73 Å². The van der Waals surface area contributed by atoms with Crippen molar-refractivity contribution in [1.29, 1.82) is 0 Å². The predicted octanol–water partition coefficient (Wildman–Crippen LogP) is 2.63. The molecule has 0 fully saturated rings. The number of nitrogens with zero attached hydrogens (tertiary/aromatic N) is 2. The molecule has 1 aromatic carbocycles. The number of halogens is 2. The van der Waals surface area contributed by atoms with E-state index >= 15 is 0 Å². The van der Waals surface area contributed by atoms with Gasteiger partial charge in [-0.1, -0.05) is 30.3 Å². The summed E-state index contributed by atoms with van der Waals surface area (Å²) in [5, 5.41) is 0. The number of aromatic nitrogens is 1. The fourth-order valence-corrected chi connectivity index (χ4v) is 2.17. The lowest BCUT2D eigenvalue weighted by Gasteiger charge is -2.23. The standard InChI is InChI=1S/C16H19N3O.2ClH/c1-19(12-13-7-9-18-10-8-13)16(20)15(11-17)14-5-3-2-4-6-14;;/h2-10,15H,11-12,17H2,1H3;2*1H. The first-order valence-corrected chi connectivity index (χ1v) is 6.61. The lowest BCUT2D eigenvalue weighted by atomic mass is 9.98. The van der Waals surface area contributed by atoms with E-state index in [1.165, 1.54) is 0 Å². The van der Waals surface area contributed by atoms with Crippen LogP contribution >= 0.6 is 24.8 Å². The van der Waals surface area contributed by atoms with E-state index in [9.17, 15) is 4.79 Å². The number of amides is 1. The second-order valence-corrected chi connectivity index (χ2v) is 4.75. The van der Waals surface area contributed by atoms with Crippen LogP contribution in [0.25, 0.3) is 0 Å². The molecule has 2 aromatic rings. The topological polar surface area (TPSA) is 59.2 Å². The molecule has 2 rings (SSSR count). The Morgan fingerprint density at radius 1 is 1.14 bits per heavy atom. The van der Waals surface area contributed by atoms with Crippen molar-refractivity contribution in [3.8, 4) is 0 Å². The van der Waals surface area contributed by atoms with Crippen molar-refractivity contribution in [2.24, 2.45) is 5.73 Å². The van der Waals surface area contributed by atoms with Gasteiger partial charge in [0.1, 0.15) is 0 Å². The van der Waals surface area contributed by atoms with Crippen molar-refractivity contribution in [3.63, 3.8) is 0 Å². The van der Waals surface area contributed by atoms with Crippen molar-refractivity contribution >= 4 is 30.7 Å². The Hall–Kier alpha value is -1.62. The third kappa shape index (κ3) is 5.30. The van der Waals surface area contributed by atoms with Crippen LogP contribution in [0.2, 0.25) is 0 Å². The lowest BCUT2D eigenvalue weighted by molar-refractivity contribution is -0.131. The van der Waals surface area contributed by atoms with Gasteiger partial charge in [-0.3, -0.25) is 9.78 Å². The van der Waals surface area contributed by atoms with Gasteiger partial charge in [0, 0.05) is 32.5 Å². The molecule has 6 heteroatoms. The molecule has 4 nitrogen and oxygen atoms in total. The van der Waals surface area contributed by atoms with E-state index in [-0.39, 0.29) is 36.6 Å². The van der Waals surface area contributed by atoms with Gasteiger partial charge in [-0.2, -0.15) is 0 Å². The number of likely N-dealkylation sites (N-methyl/N-ethyl adjacent to an activating group) is 1. The quantitative estimate of drug-likeness (QED) is 0.909. The van der Waals surface area contributed by atoms with Gasteiger partial charge in [0.05, 0.1) is 5.92 Å². The van der Waals surface area contributed by atoms with Crippen LogP contribution in [0.15, 0.2) is 54.9 Å². The summed E-state index contributed by atoms with van der Waals surface area (Å²) in [5.41, 5.74) is 7.79. The fraction of sp³-hybridized carbons (Fsp3) is 0.250. The van der Waals surface area contributed by atoms with Crippen LogP contribution in [0.1, 0.15) is 17.0 Å². The minimum absolute atomic E-state index is 0. The van der Waals surface area contributed by atoms with E-state index in [4.69, 9.17) is 5.73 Å². The number of nitrogens with two attached hydrogens (primary N) is 1. The summed E-state index contributed by atoms with van der Waals surface area (Å²) in [4.78, 5) is 18.2. The summed E-state index contributed by atoms with van der Waals surface area (Å²) in [6.07, 6.45) is 3.45. The van der Waals surface area contributed by atoms with E-state index in [0.29, 0.717) is 13.1 Å². The highest BCUT2D eigenvalue weighted by atomic mass is 35.5. The number of rotatable bonds is 5. The molecule has 0 aliphatic rings. The normalized spacial score (nSPS) is 10.8. The molecule has 0 saturated heterocycles. The molecule has 0 aliphatic carbocycles. The molecule has 0 bridgehead atoms. The third-order valence-electron chi connectivity index (χ3n) is 3.28. The predicted molar refractivity (Wildman–Crippen MR) is 93.4 cm³/mol. The van der Waals surface area contributed by atoms with Crippen molar-refractivity contribution in [1.82, 2.24) is 9.88 Å². The van der Waals surface area contributed by atoms with Crippen molar-refractivity contribution < 1.29 is 4.79 Å². The summed E-state index contributed by atoms with van der Waals surface area (Å²) in [5.74, 6) is -0.251. The fourth-order valence-electron chi connectivity index (χ4n) is 2.17. The van der Waals surface area contributed by atoms with Gasteiger partial charge in [0.25, 0.3) is 0 Å². The second kappa shape index (κ2) is 10.2. The Bertz CT molecular complexity index is 552. The third-order valence-corrected chi connectivity index (χ3v) is 3.28. The van der Waals surface area contributed by atoms with Gasteiger partial charge in [0.15, 0.2) is 0 Å². The first-order valence-electron chi connectivity index (χ1n) is 6.61. The molecule has 2 N–H and O–H groups in total. The minimum Gasteiger partial charge on any atom is -0.341 e. The largest absolute Gasteiger partial charge is 0.341 e. The smallest absolute Gasteiger partial charge is 0.231 e. The van der Waals surface area contributed by atoms with Crippen molar-refractivity contribution in [3.05, 3.63) is 66.0 Å².